The smallest absolute Gasteiger partial charge is 0.329 e. The lowest BCUT2D eigenvalue weighted by atomic mass is 10.2. The minimum absolute atomic E-state index is 0.492. The zero-order valence-electron chi connectivity index (χ0n) is 8.77. The fourth-order valence-corrected chi connectivity index (χ4v) is 1.43. The highest BCUT2D eigenvalue weighted by Crippen LogP contribution is 2.33. The molecule has 1 aromatic rings. The van der Waals surface area contributed by atoms with Gasteiger partial charge in [0.1, 0.15) is 13.2 Å². The zero-order chi connectivity index (χ0) is 11.5. The van der Waals surface area contributed by atoms with Gasteiger partial charge in [-0.2, -0.15) is 5.26 Å². The normalized spacial score (nSPS) is 12.8. The molecule has 0 atom stereocenters. The number of hydrogen-bond donors (Lipinski definition) is 0. The molecule has 0 aromatic heterocycles. The Morgan fingerprint density at radius 3 is 2.75 bits per heavy atom. The first-order valence-electron chi connectivity index (χ1n) is 4.80. The molecule has 0 N–H and O–H groups in total. The van der Waals surface area contributed by atoms with Gasteiger partial charge in [-0.25, -0.2) is 0 Å². The van der Waals surface area contributed by atoms with Gasteiger partial charge in [0.05, 0.1) is 0 Å². The maximum Gasteiger partial charge on any atom is 0.329 e. The number of anilines is 1. The van der Waals surface area contributed by atoms with Crippen molar-refractivity contribution in [2.45, 2.75) is 0 Å². The summed E-state index contributed by atoms with van der Waals surface area (Å²) in [5.41, 5.74) is 0.607. The van der Waals surface area contributed by atoms with Crippen LogP contribution >= 0.6 is 0 Å². The van der Waals surface area contributed by atoms with Gasteiger partial charge in [-0.1, -0.05) is 0 Å². The Morgan fingerprint density at radius 2 is 2.06 bits per heavy atom. The van der Waals surface area contributed by atoms with Gasteiger partial charge in [0.2, 0.25) is 0 Å². The summed E-state index contributed by atoms with van der Waals surface area (Å²) in [6, 6.07) is 6.68. The van der Waals surface area contributed by atoms with Crippen LogP contribution in [0.3, 0.4) is 0 Å². The number of benzene rings is 1. The highest BCUT2D eigenvalue weighted by molar-refractivity contribution is 6.04. The van der Waals surface area contributed by atoms with Crippen LogP contribution in [0.5, 0.6) is 11.5 Å². The molecule has 0 unspecified atom stereocenters. The first-order valence-corrected chi connectivity index (χ1v) is 4.80. The number of ether oxygens (including phenoxy) is 2. The lowest BCUT2D eigenvalue weighted by Crippen LogP contribution is -2.24. The monoisotopic (exact) mass is 218 g/mol. The van der Waals surface area contributed by atoms with Crippen LogP contribution in [0.25, 0.3) is 0 Å². The molecule has 1 aliphatic heterocycles. The van der Waals surface area contributed by atoms with Crippen molar-refractivity contribution in [2.75, 3.05) is 25.2 Å². The van der Waals surface area contributed by atoms with E-state index in [1.54, 1.807) is 24.3 Å². The lowest BCUT2D eigenvalue weighted by Gasteiger charge is -2.21. The van der Waals surface area contributed by atoms with Crippen LogP contribution in [0.2, 0.25) is 0 Å². The van der Waals surface area contributed by atoms with Crippen LogP contribution in [0.15, 0.2) is 18.2 Å². The quantitative estimate of drug-likeness (QED) is 0.658. The minimum Gasteiger partial charge on any atom is -0.486 e. The molecular formula is C11H10N2O3. The lowest BCUT2D eigenvalue weighted by molar-refractivity contribution is -0.113. The number of nitriles is 1. The van der Waals surface area contributed by atoms with Crippen LogP contribution < -0.4 is 14.4 Å². The first-order chi connectivity index (χ1) is 7.72. The SMILES string of the molecule is CN(C(=O)C#N)c1ccc2c(c1)OCCO2. The molecule has 5 nitrogen and oxygen atoms in total. The van der Waals surface area contributed by atoms with E-state index in [0.29, 0.717) is 30.4 Å². The highest BCUT2D eigenvalue weighted by atomic mass is 16.6. The molecule has 1 heterocycles. The van der Waals surface area contributed by atoms with Crippen molar-refractivity contribution in [3.05, 3.63) is 18.2 Å². The maximum atomic E-state index is 11.2. The summed E-state index contributed by atoms with van der Waals surface area (Å²) < 4.78 is 10.7. The fourth-order valence-electron chi connectivity index (χ4n) is 1.43. The molecule has 0 saturated heterocycles. The minimum atomic E-state index is -0.614. The van der Waals surface area contributed by atoms with Gasteiger partial charge in [-0.3, -0.25) is 4.79 Å². The predicted molar refractivity (Wildman–Crippen MR) is 56.5 cm³/mol. The van der Waals surface area contributed by atoms with Crippen molar-refractivity contribution in [1.29, 1.82) is 5.26 Å². The number of rotatable bonds is 1. The van der Waals surface area contributed by atoms with Crippen molar-refractivity contribution in [3.63, 3.8) is 0 Å². The summed E-state index contributed by atoms with van der Waals surface area (Å²) in [5.74, 6) is 0.644. The molecule has 1 aromatic carbocycles. The average molecular weight is 218 g/mol. The van der Waals surface area contributed by atoms with E-state index in [4.69, 9.17) is 14.7 Å². The molecule has 0 aliphatic carbocycles. The van der Waals surface area contributed by atoms with Gasteiger partial charge in [-0.05, 0) is 12.1 Å². The van der Waals surface area contributed by atoms with E-state index >= 15 is 0 Å². The van der Waals surface area contributed by atoms with Gasteiger partial charge in [-0.15, -0.1) is 0 Å². The Morgan fingerprint density at radius 1 is 1.38 bits per heavy atom. The summed E-state index contributed by atoms with van der Waals surface area (Å²) in [4.78, 5) is 12.4. The number of hydrogen-bond acceptors (Lipinski definition) is 4. The van der Waals surface area contributed by atoms with Crippen molar-refractivity contribution in [1.82, 2.24) is 0 Å². The third-order valence-electron chi connectivity index (χ3n) is 2.31. The van der Waals surface area contributed by atoms with Crippen molar-refractivity contribution < 1.29 is 14.3 Å². The fraction of sp³-hybridized carbons (Fsp3) is 0.273. The molecule has 0 radical (unpaired) electrons. The second-order valence-corrected chi connectivity index (χ2v) is 3.30. The molecular weight excluding hydrogens is 208 g/mol. The summed E-state index contributed by atoms with van der Waals surface area (Å²) >= 11 is 0. The summed E-state index contributed by atoms with van der Waals surface area (Å²) in [6.07, 6.45) is 0. The summed E-state index contributed by atoms with van der Waals surface area (Å²) in [5, 5.41) is 8.51. The van der Waals surface area contributed by atoms with Crippen LogP contribution in [0.4, 0.5) is 5.69 Å². The third-order valence-corrected chi connectivity index (χ3v) is 2.31. The highest BCUT2D eigenvalue weighted by Gasteiger charge is 2.15. The van der Waals surface area contributed by atoms with E-state index < -0.39 is 5.91 Å². The Bertz CT molecular complexity index is 465. The second kappa shape index (κ2) is 4.11. The molecule has 1 amide bonds. The molecule has 5 heteroatoms. The van der Waals surface area contributed by atoms with Crippen molar-refractivity contribution >= 4 is 11.6 Å². The van der Waals surface area contributed by atoms with Crippen LogP contribution in [0, 0.1) is 11.3 Å². The Kier molecular flexibility index (Phi) is 2.64. The molecule has 1 aliphatic rings. The van der Waals surface area contributed by atoms with E-state index in [1.807, 2.05) is 0 Å². The maximum absolute atomic E-state index is 11.2. The van der Waals surface area contributed by atoms with Crippen molar-refractivity contribution in [3.8, 4) is 17.6 Å². The number of carbonyl (C=O) groups is 1. The number of carbonyl (C=O) groups excluding carboxylic acids is 1. The Balaban J connectivity index is 2.30. The summed E-state index contributed by atoms with van der Waals surface area (Å²) in [6.45, 7) is 1.02. The van der Waals surface area contributed by atoms with E-state index in [9.17, 15) is 4.79 Å². The van der Waals surface area contributed by atoms with E-state index in [0.717, 1.165) is 0 Å². The molecule has 82 valence electrons. The van der Waals surface area contributed by atoms with Gasteiger partial charge in [0.25, 0.3) is 0 Å². The van der Waals surface area contributed by atoms with Crippen LogP contribution in [-0.2, 0) is 4.79 Å². The van der Waals surface area contributed by atoms with Gasteiger partial charge >= 0.3 is 5.91 Å². The molecule has 0 fully saturated rings. The first kappa shape index (κ1) is 10.3. The molecule has 0 saturated carbocycles. The predicted octanol–water partition coefficient (Wildman–Crippen LogP) is 0.944. The molecule has 2 rings (SSSR count). The molecule has 0 bridgehead atoms. The number of nitrogens with zero attached hydrogens (tertiary/aromatic N) is 2. The second-order valence-electron chi connectivity index (χ2n) is 3.30. The number of fused-ring (bicyclic) bond motifs is 1. The Labute approximate surface area is 92.8 Å². The topological polar surface area (TPSA) is 62.6 Å². The third kappa shape index (κ3) is 1.77. The van der Waals surface area contributed by atoms with E-state index in [-0.39, 0.29) is 0 Å². The standard InChI is InChI=1S/C11H10N2O3/c1-13(11(14)7-12)8-2-3-9-10(6-8)16-5-4-15-9/h2-3,6H,4-5H2,1H3. The molecule has 16 heavy (non-hydrogen) atoms. The zero-order valence-corrected chi connectivity index (χ0v) is 8.77. The summed E-state index contributed by atoms with van der Waals surface area (Å²) in [7, 11) is 1.54. The Hall–Kier alpha value is -2.22. The van der Waals surface area contributed by atoms with E-state index in [1.165, 1.54) is 11.9 Å². The van der Waals surface area contributed by atoms with Gasteiger partial charge < -0.3 is 14.4 Å². The van der Waals surface area contributed by atoms with Crippen LogP contribution in [0.1, 0.15) is 0 Å². The van der Waals surface area contributed by atoms with Crippen molar-refractivity contribution in [2.24, 2.45) is 0 Å². The van der Waals surface area contributed by atoms with E-state index in [2.05, 4.69) is 0 Å². The van der Waals surface area contributed by atoms with Crippen LogP contribution in [-0.4, -0.2) is 26.2 Å². The largest absolute Gasteiger partial charge is 0.486 e. The van der Waals surface area contributed by atoms with Gasteiger partial charge in [0, 0.05) is 18.8 Å². The average Bonchev–Trinajstić information content (AvgIpc) is 2.36. The van der Waals surface area contributed by atoms with Gasteiger partial charge in [0.15, 0.2) is 17.6 Å². The molecule has 0 spiro atoms. The number of amides is 1.